The average Bonchev–Trinajstić information content (AvgIpc) is 2.82. The zero-order chi connectivity index (χ0) is 14.5. The molecule has 1 aliphatic rings. The third-order valence-corrected chi connectivity index (χ3v) is 3.66. The number of carboxylic acids is 1. The minimum absolute atomic E-state index is 0.0991. The van der Waals surface area contributed by atoms with Gasteiger partial charge in [-0.1, -0.05) is 25.5 Å². The first kappa shape index (κ1) is 14.8. The lowest BCUT2D eigenvalue weighted by atomic mass is 9.90. The fraction of sp³-hybridized carbons (Fsp3) is 0.533. The van der Waals surface area contributed by atoms with Gasteiger partial charge in [0.1, 0.15) is 5.75 Å². The molecule has 2 rings (SSSR count). The molecule has 0 aromatic heterocycles. The van der Waals surface area contributed by atoms with Gasteiger partial charge in [0.15, 0.2) is 0 Å². The number of ether oxygens (including phenoxy) is 1. The van der Waals surface area contributed by atoms with Gasteiger partial charge in [-0.2, -0.15) is 0 Å². The zero-order valence-corrected chi connectivity index (χ0v) is 11.9. The number of hydrogen-bond donors (Lipinski definition) is 3. The molecule has 1 aromatic rings. The summed E-state index contributed by atoms with van der Waals surface area (Å²) in [6.07, 6.45) is 2.14. The minimum atomic E-state index is -0.789. The van der Waals surface area contributed by atoms with Crippen molar-refractivity contribution in [1.29, 1.82) is 0 Å². The van der Waals surface area contributed by atoms with Gasteiger partial charge in [0, 0.05) is 6.04 Å². The molecule has 0 aliphatic carbocycles. The lowest BCUT2D eigenvalue weighted by Gasteiger charge is -2.17. The Hall–Kier alpha value is -1.59. The fourth-order valence-electron chi connectivity index (χ4n) is 2.44. The van der Waals surface area contributed by atoms with Crippen molar-refractivity contribution in [3.8, 4) is 5.75 Å². The zero-order valence-electron chi connectivity index (χ0n) is 11.9. The summed E-state index contributed by atoms with van der Waals surface area (Å²) in [5.41, 5.74) is 7.00. The summed E-state index contributed by atoms with van der Waals surface area (Å²) >= 11 is 0. The van der Waals surface area contributed by atoms with Crippen molar-refractivity contribution in [1.82, 2.24) is 10.9 Å². The number of aliphatic carboxylic acids is 1. The third kappa shape index (κ3) is 3.29. The maximum atomic E-state index is 11.3. The van der Waals surface area contributed by atoms with E-state index >= 15 is 0 Å². The van der Waals surface area contributed by atoms with E-state index in [0.29, 0.717) is 6.61 Å². The number of carbonyl (C=O) groups is 1. The summed E-state index contributed by atoms with van der Waals surface area (Å²) in [6.45, 7) is 4.71. The Labute approximate surface area is 119 Å². The van der Waals surface area contributed by atoms with E-state index in [9.17, 15) is 9.90 Å². The van der Waals surface area contributed by atoms with E-state index in [4.69, 9.17) is 4.74 Å². The quantitative estimate of drug-likeness (QED) is 0.695. The summed E-state index contributed by atoms with van der Waals surface area (Å²) in [7, 11) is 0. The Kier molecular flexibility index (Phi) is 4.98. The molecule has 3 N–H and O–H groups in total. The number of rotatable bonds is 6. The number of nitrogens with one attached hydrogen (secondary N) is 2. The highest BCUT2D eigenvalue weighted by Crippen LogP contribution is 2.29. The van der Waals surface area contributed by atoms with Gasteiger partial charge in [-0.3, -0.25) is 10.2 Å². The highest BCUT2D eigenvalue weighted by molar-refractivity contribution is 5.72. The Morgan fingerprint density at radius 1 is 1.30 bits per heavy atom. The topological polar surface area (TPSA) is 70.6 Å². The normalized spacial score (nSPS) is 25.6. The molecule has 3 atom stereocenters. The predicted molar refractivity (Wildman–Crippen MR) is 76.4 cm³/mol. The van der Waals surface area contributed by atoms with E-state index in [-0.39, 0.29) is 12.1 Å². The van der Waals surface area contributed by atoms with Crippen LogP contribution in [-0.4, -0.2) is 23.7 Å². The molecular weight excluding hydrogens is 256 g/mol. The Bertz CT molecular complexity index is 447. The third-order valence-electron chi connectivity index (χ3n) is 3.66. The van der Waals surface area contributed by atoms with Crippen molar-refractivity contribution in [2.75, 3.05) is 6.61 Å². The van der Waals surface area contributed by atoms with E-state index < -0.39 is 11.9 Å². The minimum Gasteiger partial charge on any atom is -0.494 e. The molecule has 110 valence electrons. The van der Waals surface area contributed by atoms with Crippen LogP contribution in [0.3, 0.4) is 0 Å². The van der Waals surface area contributed by atoms with E-state index in [0.717, 1.165) is 24.2 Å². The predicted octanol–water partition coefficient (Wildman–Crippen LogP) is 2.10. The second-order valence-electron chi connectivity index (χ2n) is 5.19. The maximum absolute atomic E-state index is 11.3. The molecule has 1 aromatic carbocycles. The summed E-state index contributed by atoms with van der Waals surface area (Å²) in [4.78, 5) is 11.3. The van der Waals surface area contributed by atoms with Gasteiger partial charge in [0.2, 0.25) is 0 Å². The van der Waals surface area contributed by atoms with E-state index in [1.807, 2.05) is 31.2 Å². The lowest BCUT2D eigenvalue weighted by Crippen LogP contribution is -2.30. The van der Waals surface area contributed by atoms with Crippen molar-refractivity contribution >= 4 is 5.97 Å². The second kappa shape index (κ2) is 6.72. The Balaban J connectivity index is 2.04. The molecule has 0 radical (unpaired) electrons. The number of unbranched alkanes of at least 4 members (excludes halogenated alkanes) is 1. The number of hydrogen-bond acceptors (Lipinski definition) is 4. The molecule has 1 fully saturated rings. The van der Waals surface area contributed by atoms with Gasteiger partial charge in [-0.25, -0.2) is 5.43 Å². The molecular formula is C15H22N2O3. The van der Waals surface area contributed by atoms with Crippen LogP contribution in [0.2, 0.25) is 0 Å². The first-order valence-electron chi connectivity index (χ1n) is 7.10. The van der Waals surface area contributed by atoms with E-state index in [1.165, 1.54) is 0 Å². The van der Waals surface area contributed by atoms with Gasteiger partial charge >= 0.3 is 5.97 Å². The number of hydrazine groups is 1. The van der Waals surface area contributed by atoms with Gasteiger partial charge in [0.25, 0.3) is 0 Å². The van der Waals surface area contributed by atoms with Crippen LogP contribution in [0, 0.1) is 5.92 Å². The highest BCUT2D eigenvalue weighted by atomic mass is 16.5. The van der Waals surface area contributed by atoms with E-state index in [2.05, 4.69) is 17.8 Å². The van der Waals surface area contributed by atoms with Crippen LogP contribution in [0.4, 0.5) is 0 Å². The second-order valence-corrected chi connectivity index (χ2v) is 5.19. The van der Waals surface area contributed by atoms with Crippen LogP contribution in [0.15, 0.2) is 24.3 Å². The van der Waals surface area contributed by atoms with Crippen molar-refractivity contribution in [2.24, 2.45) is 5.92 Å². The van der Waals surface area contributed by atoms with Crippen LogP contribution in [0.5, 0.6) is 5.75 Å². The molecule has 3 unspecified atom stereocenters. The number of benzene rings is 1. The molecule has 5 heteroatoms. The highest BCUT2D eigenvalue weighted by Gasteiger charge is 2.39. The average molecular weight is 278 g/mol. The monoisotopic (exact) mass is 278 g/mol. The molecule has 20 heavy (non-hydrogen) atoms. The largest absolute Gasteiger partial charge is 0.494 e. The van der Waals surface area contributed by atoms with Crippen LogP contribution >= 0.6 is 0 Å². The lowest BCUT2D eigenvalue weighted by molar-refractivity contribution is -0.142. The van der Waals surface area contributed by atoms with Crippen LogP contribution in [-0.2, 0) is 4.79 Å². The molecule has 1 aliphatic heterocycles. The molecule has 5 nitrogen and oxygen atoms in total. The van der Waals surface area contributed by atoms with Crippen LogP contribution < -0.4 is 15.6 Å². The van der Waals surface area contributed by atoms with Crippen LogP contribution in [0.25, 0.3) is 0 Å². The van der Waals surface area contributed by atoms with Crippen molar-refractivity contribution in [3.63, 3.8) is 0 Å². The molecule has 0 saturated carbocycles. The molecule has 0 amide bonds. The first-order valence-corrected chi connectivity index (χ1v) is 7.10. The Morgan fingerprint density at radius 2 is 2.00 bits per heavy atom. The van der Waals surface area contributed by atoms with E-state index in [1.54, 1.807) is 0 Å². The molecule has 0 spiro atoms. The van der Waals surface area contributed by atoms with Crippen LogP contribution in [0.1, 0.15) is 38.3 Å². The summed E-state index contributed by atoms with van der Waals surface area (Å²) in [5.74, 6) is -0.432. The van der Waals surface area contributed by atoms with Gasteiger partial charge in [-0.05, 0) is 31.0 Å². The van der Waals surface area contributed by atoms with Gasteiger partial charge < -0.3 is 9.84 Å². The standard InChI is InChI=1S/C15H22N2O3/c1-3-4-9-20-12-7-5-11(6-8-12)14-13(15(18)19)10(2)16-17-14/h5-8,10,13-14,16-17H,3-4,9H2,1-2H3,(H,18,19). The van der Waals surface area contributed by atoms with Crippen molar-refractivity contribution < 1.29 is 14.6 Å². The molecule has 1 saturated heterocycles. The summed E-state index contributed by atoms with van der Waals surface area (Å²) < 4.78 is 5.61. The number of carboxylic acid groups (broad SMARTS) is 1. The van der Waals surface area contributed by atoms with Gasteiger partial charge in [0.05, 0.1) is 18.6 Å². The maximum Gasteiger partial charge on any atom is 0.310 e. The van der Waals surface area contributed by atoms with Crippen molar-refractivity contribution in [3.05, 3.63) is 29.8 Å². The Morgan fingerprint density at radius 3 is 2.60 bits per heavy atom. The SMILES string of the molecule is CCCCOc1ccc(C2NNC(C)C2C(=O)O)cc1. The van der Waals surface area contributed by atoms with Gasteiger partial charge in [-0.15, -0.1) is 0 Å². The fourth-order valence-corrected chi connectivity index (χ4v) is 2.44. The van der Waals surface area contributed by atoms with Crippen molar-refractivity contribution in [2.45, 2.75) is 38.8 Å². The molecule has 1 heterocycles. The first-order chi connectivity index (χ1) is 9.63. The smallest absolute Gasteiger partial charge is 0.310 e. The summed E-state index contributed by atoms with van der Waals surface area (Å²) in [6, 6.07) is 7.33. The molecule has 0 bridgehead atoms. The summed E-state index contributed by atoms with van der Waals surface area (Å²) in [5, 5.41) is 9.31.